The van der Waals surface area contributed by atoms with E-state index in [-0.39, 0.29) is 0 Å². The molecule has 0 aliphatic carbocycles. The van der Waals surface area contributed by atoms with Crippen LogP contribution in [0.25, 0.3) is 71.5 Å². The van der Waals surface area contributed by atoms with Gasteiger partial charge in [0.2, 0.25) is 0 Å². The summed E-state index contributed by atoms with van der Waals surface area (Å²) in [7, 11) is 0. The molecule has 0 N–H and O–H groups in total. The van der Waals surface area contributed by atoms with Crippen molar-refractivity contribution in [3.63, 3.8) is 0 Å². The maximum Gasteiger partial charge on any atom is 0.135 e. The molecule has 3 aromatic heterocycles. The Morgan fingerprint density at radius 1 is 0.469 bits per heavy atom. The molecular weight excluding hydrogens is 599 g/mol. The highest BCUT2D eigenvalue weighted by Gasteiger charge is 2.19. The monoisotopic (exact) mass is 627 g/mol. The minimum absolute atomic E-state index is 0.875. The summed E-state index contributed by atoms with van der Waals surface area (Å²) < 4.78 is 8.53. The smallest absolute Gasteiger partial charge is 0.135 e. The van der Waals surface area contributed by atoms with Gasteiger partial charge in [-0.25, -0.2) is 0 Å². The summed E-state index contributed by atoms with van der Waals surface area (Å²) in [6, 6.07) is 59.9. The third-order valence-electron chi connectivity index (χ3n) is 9.61. The van der Waals surface area contributed by atoms with Crippen molar-refractivity contribution in [3.8, 4) is 16.9 Å². The van der Waals surface area contributed by atoms with Gasteiger partial charge in [-0.1, -0.05) is 97.1 Å². The highest BCUT2D eigenvalue weighted by molar-refractivity contribution is 6.11. The first-order valence-electron chi connectivity index (χ1n) is 16.5. The van der Waals surface area contributed by atoms with Gasteiger partial charge in [0.15, 0.2) is 0 Å². The van der Waals surface area contributed by atoms with Gasteiger partial charge in [0.25, 0.3) is 0 Å². The molecule has 7 aromatic carbocycles. The molecule has 4 nitrogen and oxygen atoms in total. The molecule has 0 atom stereocenters. The lowest BCUT2D eigenvalue weighted by Gasteiger charge is -2.26. The lowest BCUT2D eigenvalue weighted by atomic mass is 10.0. The van der Waals surface area contributed by atoms with E-state index in [1.807, 2.05) is 18.3 Å². The first-order chi connectivity index (χ1) is 24.3. The molecule has 0 bridgehead atoms. The van der Waals surface area contributed by atoms with E-state index in [0.29, 0.717) is 0 Å². The van der Waals surface area contributed by atoms with Crippen LogP contribution in [0.4, 0.5) is 17.1 Å². The lowest BCUT2D eigenvalue weighted by Crippen LogP contribution is -2.10. The van der Waals surface area contributed by atoms with Crippen molar-refractivity contribution in [2.24, 2.45) is 0 Å². The second-order valence-electron chi connectivity index (χ2n) is 12.4. The molecule has 10 aromatic rings. The molecule has 10 rings (SSSR count). The summed E-state index contributed by atoms with van der Waals surface area (Å²) in [5, 5.41) is 6.99. The van der Waals surface area contributed by atoms with Crippen LogP contribution in [0.15, 0.2) is 180 Å². The first-order valence-corrected chi connectivity index (χ1v) is 16.5. The van der Waals surface area contributed by atoms with Crippen LogP contribution in [0.1, 0.15) is 0 Å². The Bertz CT molecular complexity index is 2820. The normalized spacial score (nSPS) is 11.7. The Morgan fingerprint density at radius 2 is 1.18 bits per heavy atom. The molecule has 3 heterocycles. The molecule has 0 radical (unpaired) electrons. The number of furan rings is 1. The number of para-hydroxylation sites is 3. The average Bonchev–Trinajstić information content (AvgIpc) is 3.71. The fourth-order valence-electron chi connectivity index (χ4n) is 7.36. The third-order valence-corrected chi connectivity index (χ3v) is 9.61. The van der Waals surface area contributed by atoms with Gasteiger partial charge in [-0.15, -0.1) is 0 Å². The minimum Gasteiger partial charge on any atom is -0.456 e. The quantitative estimate of drug-likeness (QED) is 0.190. The molecular formula is C45H29N3O. The van der Waals surface area contributed by atoms with Gasteiger partial charge in [0, 0.05) is 43.9 Å². The van der Waals surface area contributed by atoms with Gasteiger partial charge in [0.1, 0.15) is 11.2 Å². The van der Waals surface area contributed by atoms with Crippen molar-refractivity contribution < 1.29 is 4.42 Å². The van der Waals surface area contributed by atoms with Crippen molar-refractivity contribution in [1.82, 2.24) is 9.55 Å². The lowest BCUT2D eigenvalue weighted by molar-refractivity contribution is 0.669. The molecule has 0 aliphatic heterocycles. The van der Waals surface area contributed by atoms with Crippen LogP contribution in [-0.4, -0.2) is 9.55 Å². The molecule has 0 fully saturated rings. The van der Waals surface area contributed by atoms with E-state index in [1.54, 1.807) is 0 Å². The predicted molar refractivity (Wildman–Crippen MR) is 203 cm³/mol. The van der Waals surface area contributed by atoms with Crippen LogP contribution < -0.4 is 4.90 Å². The Balaban J connectivity index is 1.12. The maximum absolute atomic E-state index is 6.19. The second kappa shape index (κ2) is 11.0. The Labute approximate surface area is 282 Å². The van der Waals surface area contributed by atoms with E-state index < -0.39 is 0 Å². The van der Waals surface area contributed by atoms with Crippen LogP contribution in [-0.2, 0) is 0 Å². The van der Waals surface area contributed by atoms with Gasteiger partial charge in [-0.2, -0.15) is 0 Å². The van der Waals surface area contributed by atoms with Gasteiger partial charge in [0.05, 0.1) is 34.3 Å². The number of hydrogen-bond donors (Lipinski definition) is 0. The predicted octanol–water partition coefficient (Wildman–Crippen LogP) is 12.4. The topological polar surface area (TPSA) is 34.2 Å². The fourth-order valence-corrected chi connectivity index (χ4v) is 7.36. The van der Waals surface area contributed by atoms with Crippen molar-refractivity contribution in [1.29, 1.82) is 0 Å². The van der Waals surface area contributed by atoms with Gasteiger partial charge in [-0.3, -0.25) is 4.98 Å². The number of aromatic nitrogens is 2. The van der Waals surface area contributed by atoms with E-state index in [0.717, 1.165) is 55.9 Å². The Hall–Kier alpha value is -6.65. The number of hydrogen-bond acceptors (Lipinski definition) is 3. The summed E-state index contributed by atoms with van der Waals surface area (Å²) >= 11 is 0. The molecule has 0 unspecified atom stereocenters. The summed E-state index contributed by atoms with van der Waals surface area (Å²) in [6.45, 7) is 0. The standard InChI is InChI=1S/C45H29N3O/c1-2-13-32(14-3-1)48-42-18-8-6-16-36(42)38-27-31(21-25-43(38)48)40-24-22-34(29-46-40)47(41-19-10-12-30-11-4-5-15-35(30)41)33-23-26-45-39(28-33)37-17-7-9-20-44(37)49-45/h1-29H. The number of nitrogens with zero attached hydrogens (tertiary/aromatic N) is 3. The molecule has 0 saturated heterocycles. The number of anilines is 3. The van der Waals surface area contributed by atoms with Crippen LogP contribution in [0.3, 0.4) is 0 Å². The summed E-state index contributed by atoms with van der Waals surface area (Å²) in [6.07, 6.45) is 1.99. The molecule has 4 heteroatoms. The van der Waals surface area contributed by atoms with E-state index in [1.165, 1.54) is 32.6 Å². The van der Waals surface area contributed by atoms with Crippen molar-refractivity contribution >= 4 is 71.6 Å². The number of pyridine rings is 1. The molecule has 49 heavy (non-hydrogen) atoms. The first kappa shape index (κ1) is 27.5. The minimum atomic E-state index is 0.875. The van der Waals surface area contributed by atoms with Crippen LogP contribution >= 0.6 is 0 Å². The van der Waals surface area contributed by atoms with Crippen LogP contribution in [0, 0.1) is 0 Å². The van der Waals surface area contributed by atoms with Crippen molar-refractivity contribution in [3.05, 3.63) is 176 Å². The van der Waals surface area contributed by atoms with Crippen LogP contribution in [0.5, 0.6) is 0 Å². The number of fused-ring (bicyclic) bond motifs is 7. The molecule has 0 amide bonds. The highest BCUT2D eigenvalue weighted by Crippen LogP contribution is 2.42. The third kappa shape index (κ3) is 4.42. The highest BCUT2D eigenvalue weighted by atomic mass is 16.3. The summed E-state index contributed by atoms with van der Waals surface area (Å²) in [4.78, 5) is 7.39. The summed E-state index contributed by atoms with van der Waals surface area (Å²) in [5.41, 5.74) is 10.4. The molecule has 0 aliphatic rings. The van der Waals surface area contributed by atoms with Crippen molar-refractivity contribution in [2.75, 3.05) is 4.90 Å². The largest absolute Gasteiger partial charge is 0.456 e. The summed E-state index contributed by atoms with van der Waals surface area (Å²) in [5.74, 6) is 0. The van der Waals surface area contributed by atoms with Crippen LogP contribution in [0.2, 0.25) is 0 Å². The Morgan fingerprint density at radius 3 is 2.06 bits per heavy atom. The fraction of sp³-hybridized carbons (Fsp3) is 0. The van der Waals surface area contributed by atoms with E-state index >= 15 is 0 Å². The van der Waals surface area contributed by atoms with E-state index in [9.17, 15) is 0 Å². The van der Waals surface area contributed by atoms with Gasteiger partial charge >= 0.3 is 0 Å². The molecule has 0 saturated carbocycles. The Kier molecular flexibility index (Phi) is 6.15. The van der Waals surface area contributed by atoms with Gasteiger partial charge in [-0.05, 0) is 78.2 Å². The molecule has 0 spiro atoms. The number of benzene rings is 7. The zero-order chi connectivity index (χ0) is 32.3. The molecule has 230 valence electrons. The van der Waals surface area contributed by atoms with E-state index in [4.69, 9.17) is 9.40 Å². The average molecular weight is 628 g/mol. The maximum atomic E-state index is 6.19. The van der Waals surface area contributed by atoms with Gasteiger partial charge < -0.3 is 13.9 Å². The zero-order valence-corrected chi connectivity index (χ0v) is 26.5. The SMILES string of the molecule is c1ccc(-n2c3ccccc3c3cc(-c4ccc(N(c5ccc6oc7ccccc7c6c5)c5cccc6ccccc56)cn4)ccc32)cc1. The van der Waals surface area contributed by atoms with E-state index in [2.05, 4.69) is 167 Å². The van der Waals surface area contributed by atoms with Crippen molar-refractivity contribution in [2.45, 2.75) is 0 Å². The number of rotatable bonds is 5. The second-order valence-corrected chi connectivity index (χ2v) is 12.4. The zero-order valence-electron chi connectivity index (χ0n) is 26.5.